The summed E-state index contributed by atoms with van der Waals surface area (Å²) in [6.45, 7) is 4.56. The van der Waals surface area contributed by atoms with E-state index in [4.69, 9.17) is 10.3 Å². The fourth-order valence-electron chi connectivity index (χ4n) is 3.79. The van der Waals surface area contributed by atoms with Crippen LogP contribution in [0.2, 0.25) is 0 Å². The number of rotatable bonds is 8. The van der Waals surface area contributed by atoms with Crippen molar-refractivity contribution in [3.8, 4) is 0 Å². The van der Waals surface area contributed by atoms with Gasteiger partial charge in [0.05, 0.1) is 12.3 Å². The average molecular weight is 452 g/mol. The molecule has 0 aromatic carbocycles. The summed E-state index contributed by atoms with van der Waals surface area (Å²) >= 11 is 1.41. The van der Waals surface area contributed by atoms with E-state index in [-0.39, 0.29) is 34.8 Å². The van der Waals surface area contributed by atoms with Crippen LogP contribution in [-0.2, 0) is 19.1 Å². The first kappa shape index (κ1) is 24.7. The van der Waals surface area contributed by atoms with Crippen molar-refractivity contribution in [2.24, 2.45) is 5.11 Å². The molecule has 31 heavy (non-hydrogen) atoms. The highest BCUT2D eigenvalue weighted by Gasteiger charge is 2.38. The van der Waals surface area contributed by atoms with Crippen LogP contribution in [0.5, 0.6) is 0 Å². The van der Waals surface area contributed by atoms with E-state index in [1.54, 1.807) is 6.92 Å². The van der Waals surface area contributed by atoms with Gasteiger partial charge in [0.2, 0.25) is 17.7 Å². The predicted octanol–water partition coefficient (Wildman–Crippen LogP) is 3.77. The summed E-state index contributed by atoms with van der Waals surface area (Å²) in [4.78, 5) is 54.6. The molecule has 0 saturated carbocycles. The molecule has 2 heterocycles. The highest BCUT2D eigenvalue weighted by molar-refractivity contribution is 8.00. The number of hydrogen-bond donors (Lipinski definition) is 0. The number of carbonyl (C=O) groups is 4. The Morgan fingerprint density at radius 3 is 2.55 bits per heavy atom. The number of azide groups is 1. The lowest BCUT2D eigenvalue weighted by molar-refractivity contribution is -0.132. The summed E-state index contributed by atoms with van der Waals surface area (Å²) in [5.41, 5.74) is 8.99. The van der Waals surface area contributed by atoms with Crippen LogP contribution in [0, 0.1) is 0 Å². The third-order valence-electron chi connectivity index (χ3n) is 5.26. The zero-order chi connectivity index (χ0) is 22.8. The number of ether oxygens (including phenoxy) is 1. The van der Waals surface area contributed by atoms with Crippen molar-refractivity contribution in [1.82, 2.24) is 9.80 Å². The van der Waals surface area contributed by atoms with Crippen LogP contribution < -0.4 is 0 Å². The van der Waals surface area contributed by atoms with Gasteiger partial charge < -0.3 is 9.64 Å². The minimum Gasteiger partial charge on any atom is -0.449 e. The second kappa shape index (κ2) is 12.4. The summed E-state index contributed by atoms with van der Waals surface area (Å²) in [6.07, 6.45) is 4.81. The van der Waals surface area contributed by atoms with Crippen LogP contribution in [-0.4, -0.2) is 64.3 Å². The van der Waals surface area contributed by atoms with Gasteiger partial charge in [-0.05, 0) is 49.7 Å². The van der Waals surface area contributed by atoms with Gasteiger partial charge in [-0.25, -0.2) is 9.69 Å². The summed E-state index contributed by atoms with van der Waals surface area (Å²) in [7, 11) is 0. The van der Waals surface area contributed by atoms with Crippen LogP contribution in [0.4, 0.5) is 4.79 Å². The van der Waals surface area contributed by atoms with E-state index in [2.05, 4.69) is 10.0 Å². The summed E-state index contributed by atoms with van der Waals surface area (Å²) in [6, 6.07) is 0. The first-order valence-corrected chi connectivity index (χ1v) is 11.6. The Kier molecular flexibility index (Phi) is 9.87. The molecule has 1 saturated heterocycles. The standard InChI is InChI=1S/C20H29N5O5S/c1-3-30-20(29)25(14(2)26)18-15(19(28)22-23-21)13-31-16(18)9-5-6-10-17(27)24-11-7-4-8-12-24/h16H,3-13H2,1-2H3. The second-order valence-corrected chi connectivity index (χ2v) is 8.59. The molecule has 4 amide bonds. The molecule has 2 aliphatic heterocycles. The lowest BCUT2D eigenvalue weighted by Crippen LogP contribution is -2.38. The maximum atomic E-state index is 12.4. The number of carbonyl (C=O) groups excluding carboxylic acids is 4. The Morgan fingerprint density at radius 2 is 1.94 bits per heavy atom. The van der Waals surface area contributed by atoms with Gasteiger partial charge >= 0.3 is 6.09 Å². The molecule has 10 nitrogen and oxygen atoms in total. The van der Waals surface area contributed by atoms with Gasteiger partial charge in [0, 0.05) is 47.9 Å². The van der Waals surface area contributed by atoms with E-state index in [1.807, 2.05) is 4.90 Å². The molecule has 1 atom stereocenters. The van der Waals surface area contributed by atoms with Gasteiger partial charge in [0.15, 0.2) is 0 Å². The van der Waals surface area contributed by atoms with Crippen LogP contribution in [0.15, 0.2) is 16.4 Å². The lowest BCUT2D eigenvalue weighted by Gasteiger charge is -2.27. The normalized spacial score (nSPS) is 18.4. The molecular weight excluding hydrogens is 422 g/mol. The minimum atomic E-state index is -0.857. The highest BCUT2D eigenvalue weighted by Crippen LogP contribution is 2.38. The highest BCUT2D eigenvalue weighted by atomic mass is 32.2. The lowest BCUT2D eigenvalue weighted by atomic mass is 10.0. The quantitative estimate of drug-likeness (QED) is 0.239. The van der Waals surface area contributed by atoms with Gasteiger partial charge in [-0.3, -0.25) is 14.4 Å². The number of likely N-dealkylation sites (tertiary alicyclic amines) is 1. The Morgan fingerprint density at radius 1 is 1.23 bits per heavy atom. The SMILES string of the molecule is CCOC(=O)N(C(C)=O)C1=C(C(=O)N=[N+]=[N-])CSC1CCCCC(=O)N1CCCCC1. The monoisotopic (exact) mass is 451 g/mol. The molecule has 11 heteroatoms. The zero-order valence-corrected chi connectivity index (χ0v) is 18.9. The maximum absolute atomic E-state index is 12.4. The third-order valence-corrected chi connectivity index (χ3v) is 6.58. The second-order valence-electron chi connectivity index (χ2n) is 7.40. The van der Waals surface area contributed by atoms with E-state index in [0.717, 1.165) is 30.8 Å². The molecule has 0 aromatic rings. The molecule has 2 rings (SSSR count). The van der Waals surface area contributed by atoms with Gasteiger partial charge in [0.25, 0.3) is 0 Å². The van der Waals surface area contributed by atoms with Gasteiger partial charge in [-0.15, -0.1) is 11.8 Å². The number of imide groups is 1. The van der Waals surface area contributed by atoms with Crippen molar-refractivity contribution in [2.75, 3.05) is 25.4 Å². The summed E-state index contributed by atoms with van der Waals surface area (Å²) in [5, 5.41) is 2.83. The summed E-state index contributed by atoms with van der Waals surface area (Å²) in [5.74, 6) is -0.991. The molecule has 0 spiro atoms. The van der Waals surface area contributed by atoms with Crippen molar-refractivity contribution in [3.05, 3.63) is 21.7 Å². The van der Waals surface area contributed by atoms with Crippen molar-refractivity contribution in [3.63, 3.8) is 0 Å². The number of unbranched alkanes of at least 4 members (excludes halogenated alkanes) is 1. The maximum Gasteiger partial charge on any atom is 0.420 e. The van der Waals surface area contributed by atoms with Crippen molar-refractivity contribution in [2.45, 2.75) is 64.0 Å². The molecule has 1 fully saturated rings. The van der Waals surface area contributed by atoms with Crippen molar-refractivity contribution < 1.29 is 23.9 Å². The third kappa shape index (κ3) is 6.73. The fraction of sp³-hybridized carbons (Fsp3) is 0.700. The van der Waals surface area contributed by atoms with Gasteiger partial charge in [-0.1, -0.05) is 6.42 Å². The molecule has 0 radical (unpaired) electrons. The van der Waals surface area contributed by atoms with Gasteiger partial charge in [0.1, 0.15) is 0 Å². The van der Waals surface area contributed by atoms with E-state index in [9.17, 15) is 19.2 Å². The van der Waals surface area contributed by atoms with E-state index in [1.165, 1.54) is 25.1 Å². The first-order valence-electron chi connectivity index (χ1n) is 10.6. The Bertz CT molecular complexity index is 787. The number of thioether (sulfide) groups is 1. The Labute approximate surface area is 186 Å². The van der Waals surface area contributed by atoms with Crippen LogP contribution in [0.3, 0.4) is 0 Å². The molecule has 170 valence electrons. The van der Waals surface area contributed by atoms with Crippen LogP contribution in [0.25, 0.3) is 10.4 Å². The summed E-state index contributed by atoms with van der Waals surface area (Å²) < 4.78 is 5.00. The fourth-order valence-corrected chi connectivity index (χ4v) is 5.17. The molecule has 0 bridgehead atoms. The van der Waals surface area contributed by atoms with Gasteiger partial charge in [-0.2, -0.15) is 0 Å². The molecule has 0 N–H and O–H groups in total. The molecule has 0 aromatic heterocycles. The van der Waals surface area contributed by atoms with E-state index < -0.39 is 17.9 Å². The topological polar surface area (TPSA) is 133 Å². The first-order chi connectivity index (χ1) is 14.9. The van der Waals surface area contributed by atoms with Crippen molar-refractivity contribution in [1.29, 1.82) is 0 Å². The number of piperidine rings is 1. The number of amides is 4. The van der Waals surface area contributed by atoms with Crippen LogP contribution >= 0.6 is 11.8 Å². The molecular formula is C20H29N5O5S. The largest absolute Gasteiger partial charge is 0.449 e. The Balaban J connectivity index is 2.08. The van der Waals surface area contributed by atoms with Crippen LogP contribution in [0.1, 0.15) is 58.8 Å². The molecule has 1 unspecified atom stereocenters. The van der Waals surface area contributed by atoms with Crippen molar-refractivity contribution >= 4 is 35.6 Å². The average Bonchev–Trinajstić information content (AvgIpc) is 3.15. The number of nitrogens with zero attached hydrogens (tertiary/aromatic N) is 5. The zero-order valence-electron chi connectivity index (χ0n) is 18.0. The minimum absolute atomic E-state index is 0.0753. The van der Waals surface area contributed by atoms with E-state index in [0.29, 0.717) is 25.7 Å². The molecule has 2 aliphatic rings. The van der Waals surface area contributed by atoms with E-state index >= 15 is 0 Å². The Hall–Kier alpha value is -2.52. The number of hydrogen-bond acceptors (Lipinski definition) is 6. The smallest absolute Gasteiger partial charge is 0.420 e. The molecule has 0 aliphatic carbocycles. The predicted molar refractivity (Wildman–Crippen MR) is 116 cm³/mol.